The van der Waals surface area contributed by atoms with Crippen LogP contribution in [-0.4, -0.2) is 24.1 Å². The second-order valence-corrected chi connectivity index (χ2v) is 6.60. The highest BCUT2D eigenvalue weighted by molar-refractivity contribution is 8.00. The number of rotatable bonds is 4. The van der Waals surface area contributed by atoms with Gasteiger partial charge in [0.05, 0.1) is 17.1 Å². The van der Waals surface area contributed by atoms with Crippen molar-refractivity contribution in [2.75, 3.05) is 22.5 Å². The first-order valence-corrected chi connectivity index (χ1v) is 8.61. The van der Waals surface area contributed by atoms with Gasteiger partial charge >= 0.3 is 0 Å². The minimum Gasteiger partial charge on any atom is -0.324 e. The molecule has 0 radical (unpaired) electrons. The third-order valence-corrected chi connectivity index (χ3v) is 4.81. The zero-order chi connectivity index (χ0) is 17.1. The Morgan fingerprint density at radius 3 is 2.92 bits per heavy atom. The third-order valence-electron chi connectivity index (χ3n) is 3.77. The number of fused-ring (bicyclic) bond motifs is 1. The topological polar surface area (TPSA) is 49.4 Å². The molecule has 24 heavy (non-hydrogen) atoms. The molecule has 0 spiro atoms. The molecule has 0 bridgehead atoms. The van der Waals surface area contributed by atoms with Crippen molar-refractivity contribution in [2.45, 2.75) is 18.2 Å². The minimum absolute atomic E-state index is 0.0202. The normalized spacial score (nSPS) is 13.6. The molecule has 0 fully saturated rings. The number of anilines is 2. The number of thioether (sulfide) groups is 1. The molecule has 3 rings (SSSR count). The van der Waals surface area contributed by atoms with Crippen LogP contribution < -0.4 is 10.2 Å². The van der Waals surface area contributed by atoms with E-state index in [0.29, 0.717) is 5.75 Å². The molecule has 4 nitrogen and oxygen atoms in total. The summed E-state index contributed by atoms with van der Waals surface area (Å²) in [6.45, 7) is 2.10. The molecule has 6 heteroatoms. The van der Waals surface area contributed by atoms with Gasteiger partial charge in [-0.1, -0.05) is 18.2 Å². The number of hydrogen-bond donors (Lipinski definition) is 1. The van der Waals surface area contributed by atoms with E-state index in [-0.39, 0.29) is 30.5 Å². The van der Waals surface area contributed by atoms with Crippen LogP contribution >= 0.6 is 11.8 Å². The molecular formula is C18H17FN2O2S. The van der Waals surface area contributed by atoms with Crippen LogP contribution in [0, 0.1) is 12.7 Å². The van der Waals surface area contributed by atoms with Crippen LogP contribution in [0.2, 0.25) is 0 Å². The number of halogens is 1. The van der Waals surface area contributed by atoms with Crippen molar-refractivity contribution in [2.24, 2.45) is 0 Å². The molecule has 0 saturated carbocycles. The van der Waals surface area contributed by atoms with Crippen LogP contribution in [0.5, 0.6) is 0 Å². The molecule has 1 aliphatic rings. The second kappa shape index (κ2) is 7.05. The summed E-state index contributed by atoms with van der Waals surface area (Å²) in [6.07, 6.45) is 0.109. The zero-order valence-electron chi connectivity index (χ0n) is 13.2. The van der Waals surface area contributed by atoms with Gasteiger partial charge in [-0.15, -0.1) is 11.8 Å². The molecule has 2 aromatic rings. The average molecular weight is 344 g/mol. The fourth-order valence-corrected chi connectivity index (χ4v) is 3.50. The maximum Gasteiger partial charge on any atom is 0.237 e. The van der Waals surface area contributed by atoms with Gasteiger partial charge in [0.1, 0.15) is 5.82 Å². The Hall–Kier alpha value is -2.34. The summed E-state index contributed by atoms with van der Waals surface area (Å²) in [6, 6.07) is 12.2. The van der Waals surface area contributed by atoms with Gasteiger partial charge in [-0.25, -0.2) is 4.39 Å². The number of hydrogen-bond acceptors (Lipinski definition) is 3. The average Bonchev–Trinajstić information content (AvgIpc) is 2.57. The Morgan fingerprint density at radius 1 is 1.29 bits per heavy atom. The van der Waals surface area contributed by atoms with Crippen molar-refractivity contribution >= 4 is 35.0 Å². The second-order valence-electron chi connectivity index (χ2n) is 5.58. The highest BCUT2D eigenvalue weighted by atomic mass is 32.2. The summed E-state index contributed by atoms with van der Waals surface area (Å²) in [7, 11) is 0. The van der Waals surface area contributed by atoms with Gasteiger partial charge in [-0.3, -0.25) is 9.59 Å². The van der Waals surface area contributed by atoms with Crippen LogP contribution in [0.4, 0.5) is 15.8 Å². The lowest BCUT2D eigenvalue weighted by molar-refractivity contribution is -0.117. The molecule has 0 unspecified atom stereocenters. The van der Waals surface area contributed by atoms with E-state index < -0.39 is 5.82 Å². The highest BCUT2D eigenvalue weighted by Gasteiger charge is 2.24. The number of benzene rings is 2. The van der Waals surface area contributed by atoms with Crippen molar-refractivity contribution in [1.29, 1.82) is 0 Å². The van der Waals surface area contributed by atoms with Crippen molar-refractivity contribution in [3.63, 3.8) is 0 Å². The molecule has 0 aromatic heterocycles. The Morgan fingerprint density at radius 2 is 2.08 bits per heavy atom. The van der Waals surface area contributed by atoms with Gasteiger partial charge in [0, 0.05) is 17.9 Å². The molecule has 1 aliphatic heterocycles. The summed E-state index contributed by atoms with van der Waals surface area (Å²) in [5, 5.41) is 2.57. The van der Waals surface area contributed by atoms with Gasteiger partial charge in [0.15, 0.2) is 0 Å². The van der Waals surface area contributed by atoms with Gasteiger partial charge in [-0.05, 0) is 36.8 Å². The van der Waals surface area contributed by atoms with E-state index in [4.69, 9.17) is 0 Å². The van der Waals surface area contributed by atoms with Crippen LogP contribution in [0.15, 0.2) is 47.4 Å². The maximum atomic E-state index is 13.7. The van der Waals surface area contributed by atoms with Gasteiger partial charge in [-0.2, -0.15) is 0 Å². The van der Waals surface area contributed by atoms with Crippen LogP contribution in [-0.2, 0) is 9.59 Å². The van der Waals surface area contributed by atoms with Gasteiger partial charge in [0.2, 0.25) is 11.8 Å². The largest absolute Gasteiger partial charge is 0.324 e. The molecule has 2 amide bonds. The lowest BCUT2D eigenvalue weighted by atomic mass is 10.2. The first-order valence-electron chi connectivity index (χ1n) is 7.63. The van der Waals surface area contributed by atoms with Crippen molar-refractivity contribution < 1.29 is 14.0 Å². The van der Waals surface area contributed by atoms with E-state index in [1.165, 1.54) is 17.8 Å². The van der Waals surface area contributed by atoms with E-state index in [9.17, 15) is 14.0 Å². The summed E-state index contributed by atoms with van der Waals surface area (Å²) >= 11 is 1.50. The molecule has 2 aromatic carbocycles. The molecule has 1 heterocycles. The number of nitrogens with one attached hydrogen (secondary N) is 1. The van der Waals surface area contributed by atoms with Crippen molar-refractivity contribution in [3.8, 4) is 0 Å². The van der Waals surface area contributed by atoms with E-state index >= 15 is 0 Å². The lowest BCUT2D eigenvalue weighted by Gasteiger charge is -2.28. The van der Waals surface area contributed by atoms with E-state index in [1.54, 1.807) is 17.0 Å². The monoisotopic (exact) mass is 344 g/mol. The number of aryl methyl sites for hydroxylation is 1. The SMILES string of the molecule is Cc1ccc(F)c(NC(=O)CCN2C(=O)CSc3ccccc32)c1. The van der Waals surface area contributed by atoms with Crippen LogP contribution in [0.25, 0.3) is 0 Å². The summed E-state index contributed by atoms with van der Waals surface area (Å²) in [5.41, 5.74) is 1.86. The van der Waals surface area contributed by atoms with E-state index in [1.807, 2.05) is 31.2 Å². The zero-order valence-corrected chi connectivity index (χ0v) is 14.0. The Bertz CT molecular complexity index is 794. The summed E-state index contributed by atoms with van der Waals surface area (Å²) in [4.78, 5) is 26.9. The lowest BCUT2D eigenvalue weighted by Crippen LogP contribution is -2.37. The quantitative estimate of drug-likeness (QED) is 0.922. The number of carbonyl (C=O) groups excluding carboxylic acids is 2. The molecule has 0 saturated heterocycles. The summed E-state index contributed by atoms with van der Waals surface area (Å²) < 4.78 is 13.7. The number of nitrogens with zero attached hydrogens (tertiary/aromatic N) is 1. The molecule has 124 valence electrons. The fraction of sp³-hybridized carbons (Fsp3) is 0.222. The smallest absolute Gasteiger partial charge is 0.237 e. The number of carbonyl (C=O) groups is 2. The van der Waals surface area contributed by atoms with Crippen LogP contribution in [0.3, 0.4) is 0 Å². The maximum absolute atomic E-state index is 13.7. The third kappa shape index (κ3) is 3.59. The molecule has 0 atom stereocenters. The first kappa shape index (κ1) is 16.5. The predicted molar refractivity (Wildman–Crippen MR) is 93.9 cm³/mol. The Kier molecular flexibility index (Phi) is 4.85. The molecule has 0 aliphatic carbocycles. The first-order chi connectivity index (χ1) is 11.5. The highest BCUT2D eigenvalue weighted by Crippen LogP contribution is 2.34. The fourth-order valence-electron chi connectivity index (χ4n) is 2.56. The van der Waals surface area contributed by atoms with E-state index in [2.05, 4.69) is 5.32 Å². The van der Waals surface area contributed by atoms with Gasteiger partial charge < -0.3 is 10.2 Å². The molecule has 1 N–H and O–H groups in total. The van der Waals surface area contributed by atoms with Crippen molar-refractivity contribution in [1.82, 2.24) is 0 Å². The van der Waals surface area contributed by atoms with Crippen molar-refractivity contribution in [3.05, 3.63) is 53.8 Å². The number of para-hydroxylation sites is 1. The Labute approximate surface area is 144 Å². The standard InChI is InChI=1S/C18H17FN2O2S/c1-12-6-7-13(19)14(10-12)20-17(22)8-9-21-15-4-2-3-5-16(15)24-11-18(21)23/h2-7,10H,8-9,11H2,1H3,(H,20,22). The van der Waals surface area contributed by atoms with Gasteiger partial charge in [0.25, 0.3) is 0 Å². The number of amides is 2. The predicted octanol–water partition coefficient (Wildman–Crippen LogP) is 3.60. The minimum atomic E-state index is -0.468. The molecular weight excluding hydrogens is 327 g/mol. The van der Waals surface area contributed by atoms with E-state index in [0.717, 1.165) is 16.1 Å². The Balaban J connectivity index is 1.66. The van der Waals surface area contributed by atoms with Crippen LogP contribution in [0.1, 0.15) is 12.0 Å². The summed E-state index contributed by atoms with van der Waals surface area (Å²) in [5.74, 6) is -0.438.